The standard InChI is InChI=1S/C20H32O3/c21-20(22)17-15-13-11-9-7-5-3-1-2-4-6-8-10-12-14-16-19-18-23-19/h4,6-7,9-10,12,19H,1-3,5,8,11,13-18H2,(H,21,22)/b6-4-,9-7-,12-10-/t19-/m1/s1. The van der Waals surface area contributed by atoms with Gasteiger partial charge in [0.05, 0.1) is 12.7 Å². The van der Waals surface area contributed by atoms with E-state index in [0.29, 0.717) is 12.5 Å². The fourth-order valence-corrected chi connectivity index (χ4v) is 2.32. The van der Waals surface area contributed by atoms with Crippen molar-refractivity contribution >= 4 is 5.97 Å². The number of aliphatic carboxylic acids is 1. The Morgan fingerprint density at radius 3 is 1.96 bits per heavy atom. The first-order chi connectivity index (χ1) is 11.3. The van der Waals surface area contributed by atoms with Crippen molar-refractivity contribution in [1.29, 1.82) is 0 Å². The summed E-state index contributed by atoms with van der Waals surface area (Å²) >= 11 is 0. The van der Waals surface area contributed by atoms with Crippen LogP contribution in [0.15, 0.2) is 36.5 Å². The Kier molecular flexibility index (Phi) is 12.2. The van der Waals surface area contributed by atoms with Gasteiger partial charge in [0.1, 0.15) is 0 Å². The number of carboxylic acid groups (broad SMARTS) is 1. The fraction of sp³-hybridized carbons (Fsp3) is 0.650. The molecule has 1 rings (SSSR count). The monoisotopic (exact) mass is 320 g/mol. The maximum absolute atomic E-state index is 10.3. The van der Waals surface area contributed by atoms with Gasteiger partial charge in [-0.1, -0.05) is 36.5 Å². The number of ether oxygens (including phenoxy) is 1. The van der Waals surface area contributed by atoms with Crippen LogP contribution in [0.5, 0.6) is 0 Å². The number of rotatable bonds is 15. The minimum absolute atomic E-state index is 0.296. The van der Waals surface area contributed by atoms with Gasteiger partial charge in [-0.3, -0.25) is 4.79 Å². The topological polar surface area (TPSA) is 49.8 Å². The SMILES string of the molecule is O=C(O)CCCC/C=C\CCCC/C=C\C/C=C\CC[C@@H]1CO1. The van der Waals surface area contributed by atoms with Gasteiger partial charge >= 0.3 is 5.97 Å². The first-order valence-corrected chi connectivity index (χ1v) is 9.07. The van der Waals surface area contributed by atoms with E-state index in [2.05, 4.69) is 36.5 Å². The van der Waals surface area contributed by atoms with Gasteiger partial charge in [-0.05, 0) is 64.2 Å². The normalized spacial score (nSPS) is 17.7. The molecule has 1 N–H and O–H groups in total. The lowest BCUT2D eigenvalue weighted by Gasteiger charge is -1.95. The van der Waals surface area contributed by atoms with Crippen molar-refractivity contribution < 1.29 is 14.6 Å². The zero-order chi connectivity index (χ0) is 16.6. The Hall–Kier alpha value is -1.35. The van der Waals surface area contributed by atoms with E-state index in [1.807, 2.05) is 0 Å². The van der Waals surface area contributed by atoms with Gasteiger partial charge in [0.25, 0.3) is 0 Å². The Labute approximate surface area is 141 Å². The number of hydrogen-bond donors (Lipinski definition) is 1. The second kappa shape index (κ2) is 14.3. The number of carbonyl (C=O) groups is 1. The van der Waals surface area contributed by atoms with Crippen LogP contribution in [0, 0.1) is 0 Å². The lowest BCUT2D eigenvalue weighted by molar-refractivity contribution is -0.137. The van der Waals surface area contributed by atoms with Crippen molar-refractivity contribution in [1.82, 2.24) is 0 Å². The highest BCUT2D eigenvalue weighted by molar-refractivity contribution is 5.66. The van der Waals surface area contributed by atoms with Gasteiger partial charge in [-0.2, -0.15) is 0 Å². The molecule has 1 heterocycles. The molecule has 0 radical (unpaired) electrons. The molecule has 0 amide bonds. The Balaban J connectivity index is 1.77. The Morgan fingerprint density at radius 2 is 1.39 bits per heavy atom. The van der Waals surface area contributed by atoms with Crippen LogP contribution in [0.2, 0.25) is 0 Å². The van der Waals surface area contributed by atoms with Crippen LogP contribution in [-0.2, 0) is 9.53 Å². The summed E-state index contributed by atoms with van der Waals surface area (Å²) in [6.07, 6.45) is 25.2. The van der Waals surface area contributed by atoms with Crippen molar-refractivity contribution in [2.75, 3.05) is 6.61 Å². The van der Waals surface area contributed by atoms with Gasteiger partial charge in [-0.15, -0.1) is 0 Å². The second-order valence-corrected chi connectivity index (χ2v) is 6.11. The molecule has 0 aliphatic carbocycles. The summed E-state index contributed by atoms with van der Waals surface area (Å²) in [5, 5.41) is 8.52. The van der Waals surface area contributed by atoms with E-state index in [0.717, 1.165) is 51.6 Å². The molecule has 3 heteroatoms. The van der Waals surface area contributed by atoms with Crippen LogP contribution < -0.4 is 0 Å². The van der Waals surface area contributed by atoms with Gasteiger partial charge < -0.3 is 9.84 Å². The summed E-state index contributed by atoms with van der Waals surface area (Å²) < 4.78 is 5.17. The van der Waals surface area contributed by atoms with Gasteiger partial charge in [0.2, 0.25) is 0 Å². The maximum atomic E-state index is 10.3. The van der Waals surface area contributed by atoms with Crippen molar-refractivity contribution in [3.63, 3.8) is 0 Å². The van der Waals surface area contributed by atoms with Crippen LogP contribution in [0.4, 0.5) is 0 Å². The summed E-state index contributed by atoms with van der Waals surface area (Å²) in [6.45, 7) is 0.966. The zero-order valence-electron chi connectivity index (χ0n) is 14.3. The third-order valence-electron chi connectivity index (χ3n) is 3.83. The summed E-state index contributed by atoms with van der Waals surface area (Å²) in [6, 6.07) is 0. The molecule has 1 saturated heterocycles. The average Bonchev–Trinajstić information content (AvgIpc) is 3.34. The molecular formula is C20H32O3. The molecule has 130 valence electrons. The second-order valence-electron chi connectivity index (χ2n) is 6.11. The largest absolute Gasteiger partial charge is 0.481 e. The fourth-order valence-electron chi connectivity index (χ4n) is 2.32. The maximum Gasteiger partial charge on any atom is 0.303 e. The lowest BCUT2D eigenvalue weighted by atomic mass is 10.1. The van der Waals surface area contributed by atoms with E-state index < -0.39 is 5.97 Å². The summed E-state index contributed by atoms with van der Waals surface area (Å²) in [4.78, 5) is 10.3. The molecular weight excluding hydrogens is 288 g/mol. The van der Waals surface area contributed by atoms with Crippen LogP contribution in [-0.4, -0.2) is 23.8 Å². The molecule has 0 aromatic carbocycles. The lowest BCUT2D eigenvalue weighted by Crippen LogP contribution is -1.92. The highest BCUT2D eigenvalue weighted by atomic mass is 16.6. The first-order valence-electron chi connectivity index (χ1n) is 9.07. The van der Waals surface area contributed by atoms with E-state index in [4.69, 9.17) is 9.84 Å². The van der Waals surface area contributed by atoms with Crippen molar-refractivity contribution in [3.05, 3.63) is 36.5 Å². The predicted molar refractivity (Wildman–Crippen MR) is 95.6 cm³/mol. The molecule has 0 aromatic heterocycles. The van der Waals surface area contributed by atoms with Crippen molar-refractivity contribution in [2.24, 2.45) is 0 Å². The van der Waals surface area contributed by atoms with Crippen molar-refractivity contribution in [3.8, 4) is 0 Å². The molecule has 1 aliphatic rings. The van der Waals surface area contributed by atoms with E-state index in [1.54, 1.807) is 0 Å². The van der Waals surface area contributed by atoms with Gasteiger partial charge in [-0.25, -0.2) is 0 Å². The average molecular weight is 320 g/mol. The van der Waals surface area contributed by atoms with Crippen molar-refractivity contribution in [2.45, 2.75) is 76.7 Å². The smallest absolute Gasteiger partial charge is 0.303 e. The van der Waals surface area contributed by atoms with Crippen LogP contribution >= 0.6 is 0 Å². The molecule has 1 fully saturated rings. The molecule has 1 aliphatic heterocycles. The zero-order valence-corrected chi connectivity index (χ0v) is 14.3. The number of allylic oxidation sites excluding steroid dienone is 6. The molecule has 0 saturated carbocycles. The minimum atomic E-state index is -0.689. The number of carboxylic acids is 1. The van der Waals surface area contributed by atoms with Crippen LogP contribution in [0.25, 0.3) is 0 Å². The molecule has 1 atom stereocenters. The number of hydrogen-bond acceptors (Lipinski definition) is 2. The minimum Gasteiger partial charge on any atom is -0.481 e. The van der Waals surface area contributed by atoms with Gasteiger partial charge in [0.15, 0.2) is 0 Å². The Bertz CT molecular complexity index is 378. The Morgan fingerprint density at radius 1 is 0.870 bits per heavy atom. The number of unbranched alkanes of at least 4 members (excludes halogenated alkanes) is 5. The van der Waals surface area contributed by atoms with Gasteiger partial charge in [0, 0.05) is 6.42 Å². The van der Waals surface area contributed by atoms with E-state index >= 15 is 0 Å². The summed E-state index contributed by atoms with van der Waals surface area (Å²) in [5.74, 6) is -0.689. The predicted octanol–water partition coefficient (Wildman–Crippen LogP) is 5.43. The van der Waals surface area contributed by atoms with E-state index in [1.165, 1.54) is 19.3 Å². The van der Waals surface area contributed by atoms with E-state index in [-0.39, 0.29) is 0 Å². The molecule has 0 spiro atoms. The third-order valence-corrected chi connectivity index (χ3v) is 3.83. The van der Waals surface area contributed by atoms with E-state index in [9.17, 15) is 4.79 Å². The molecule has 0 bridgehead atoms. The van der Waals surface area contributed by atoms with Crippen LogP contribution in [0.3, 0.4) is 0 Å². The molecule has 0 unspecified atom stereocenters. The highest BCUT2D eigenvalue weighted by Gasteiger charge is 2.20. The quantitative estimate of drug-likeness (QED) is 0.249. The molecule has 23 heavy (non-hydrogen) atoms. The summed E-state index contributed by atoms with van der Waals surface area (Å²) in [7, 11) is 0. The highest BCUT2D eigenvalue weighted by Crippen LogP contribution is 2.15. The third kappa shape index (κ3) is 15.3. The van der Waals surface area contributed by atoms with Crippen LogP contribution in [0.1, 0.15) is 70.6 Å². The molecule has 3 nitrogen and oxygen atoms in total. The number of epoxide rings is 1. The molecule has 0 aromatic rings. The first kappa shape index (κ1) is 19.7. The summed E-state index contributed by atoms with van der Waals surface area (Å²) in [5.41, 5.74) is 0.